The van der Waals surface area contributed by atoms with Crippen LogP contribution in [0, 0.1) is 5.82 Å². The number of nitrogens with one attached hydrogen (secondary N) is 1. The number of anilines is 1. The highest BCUT2D eigenvalue weighted by molar-refractivity contribution is 7.08. The van der Waals surface area contributed by atoms with E-state index in [0.29, 0.717) is 10.6 Å². The number of hydrogen-bond donors (Lipinski definition) is 2. The molecular weight excluding hydrogens is 297 g/mol. The van der Waals surface area contributed by atoms with Gasteiger partial charge in [-0.3, -0.25) is 4.79 Å². The molecule has 0 atom stereocenters. The van der Waals surface area contributed by atoms with Crippen molar-refractivity contribution in [3.63, 3.8) is 0 Å². The predicted molar refractivity (Wildman–Crippen MR) is 75.3 cm³/mol. The lowest BCUT2D eigenvalue weighted by molar-refractivity contribution is 0.0691. The summed E-state index contributed by atoms with van der Waals surface area (Å²) in [7, 11) is 0. The van der Waals surface area contributed by atoms with E-state index in [2.05, 4.69) is 14.9 Å². The van der Waals surface area contributed by atoms with Crippen LogP contribution in [0.3, 0.4) is 0 Å². The lowest BCUT2D eigenvalue weighted by Gasteiger charge is -2.07. The summed E-state index contributed by atoms with van der Waals surface area (Å²) in [5.74, 6) is -2.67. The molecular formula is C13H12FN3O3S. The second kappa shape index (κ2) is 5.96. The van der Waals surface area contributed by atoms with Crippen LogP contribution in [-0.4, -0.2) is 26.6 Å². The van der Waals surface area contributed by atoms with Crippen molar-refractivity contribution >= 4 is 29.1 Å². The van der Waals surface area contributed by atoms with Gasteiger partial charge in [0.25, 0.3) is 5.91 Å². The highest BCUT2D eigenvalue weighted by atomic mass is 32.1. The van der Waals surface area contributed by atoms with Gasteiger partial charge in [0.15, 0.2) is 0 Å². The summed E-state index contributed by atoms with van der Waals surface area (Å²) >= 11 is 0.955. The number of benzene rings is 1. The molecule has 0 bridgehead atoms. The van der Waals surface area contributed by atoms with Crippen molar-refractivity contribution < 1.29 is 19.1 Å². The molecule has 0 saturated carbocycles. The van der Waals surface area contributed by atoms with Gasteiger partial charge in [-0.1, -0.05) is 18.3 Å². The summed E-state index contributed by atoms with van der Waals surface area (Å²) in [6.45, 7) is 3.77. The Morgan fingerprint density at radius 3 is 2.71 bits per heavy atom. The van der Waals surface area contributed by atoms with Gasteiger partial charge in [0, 0.05) is 5.69 Å². The monoisotopic (exact) mass is 309 g/mol. The van der Waals surface area contributed by atoms with Gasteiger partial charge in [-0.15, -0.1) is 5.10 Å². The van der Waals surface area contributed by atoms with E-state index in [1.807, 2.05) is 13.8 Å². The van der Waals surface area contributed by atoms with Crippen molar-refractivity contribution in [2.24, 2.45) is 0 Å². The van der Waals surface area contributed by atoms with E-state index in [-0.39, 0.29) is 11.6 Å². The van der Waals surface area contributed by atoms with Gasteiger partial charge in [-0.05, 0) is 35.6 Å². The van der Waals surface area contributed by atoms with Crippen LogP contribution in [0.2, 0.25) is 0 Å². The van der Waals surface area contributed by atoms with Crippen LogP contribution in [-0.2, 0) is 0 Å². The summed E-state index contributed by atoms with van der Waals surface area (Å²) in [4.78, 5) is 23.4. The van der Waals surface area contributed by atoms with Crippen molar-refractivity contribution in [2.45, 2.75) is 19.8 Å². The highest BCUT2D eigenvalue weighted by Gasteiger charge is 2.19. The second-order valence-corrected chi connectivity index (χ2v) is 5.35. The maximum Gasteiger partial charge on any atom is 0.338 e. The van der Waals surface area contributed by atoms with Crippen LogP contribution < -0.4 is 5.32 Å². The molecule has 2 N–H and O–H groups in total. The fourth-order valence-corrected chi connectivity index (χ4v) is 2.40. The molecule has 1 heterocycles. The largest absolute Gasteiger partial charge is 0.478 e. The maximum atomic E-state index is 13.3. The molecule has 1 aromatic carbocycles. The molecule has 0 unspecified atom stereocenters. The SMILES string of the molecule is CC(C)c1nnsc1C(=O)Nc1ccc(F)c(C(=O)O)c1. The number of aromatic nitrogens is 2. The number of halogens is 1. The van der Waals surface area contributed by atoms with Gasteiger partial charge in [-0.2, -0.15) is 0 Å². The first-order valence-electron chi connectivity index (χ1n) is 6.06. The fourth-order valence-electron chi connectivity index (χ4n) is 1.69. The average molecular weight is 309 g/mol. The number of amides is 1. The van der Waals surface area contributed by atoms with Gasteiger partial charge in [0.2, 0.25) is 0 Å². The minimum absolute atomic E-state index is 0.0345. The predicted octanol–water partition coefficient (Wildman–Crippen LogP) is 2.75. The lowest BCUT2D eigenvalue weighted by atomic mass is 10.1. The van der Waals surface area contributed by atoms with E-state index in [1.54, 1.807) is 0 Å². The molecule has 0 aliphatic rings. The van der Waals surface area contributed by atoms with Crippen molar-refractivity contribution in [1.29, 1.82) is 0 Å². The van der Waals surface area contributed by atoms with Gasteiger partial charge < -0.3 is 10.4 Å². The Kier molecular flexibility index (Phi) is 4.27. The van der Waals surface area contributed by atoms with E-state index < -0.39 is 23.3 Å². The average Bonchev–Trinajstić information content (AvgIpc) is 2.90. The zero-order valence-corrected chi connectivity index (χ0v) is 12.1. The molecule has 0 saturated heterocycles. The van der Waals surface area contributed by atoms with Crippen LogP contribution in [0.15, 0.2) is 18.2 Å². The third kappa shape index (κ3) is 3.22. The Morgan fingerprint density at radius 1 is 1.38 bits per heavy atom. The molecule has 21 heavy (non-hydrogen) atoms. The molecule has 1 aromatic heterocycles. The third-order valence-electron chi connectivity index (χ3n) is 2.72. The molecule has 110 valence electrons. The molecule has 8 heteroatoms. The summed E-state index contributed by atoms with van der Waals surface area (Å²) < 4.78 is 17.0. The van der Waals surface area contributed by atoms with E-state index in [9.17, 15) is 14.0 Å². The summed E-state index contributed by atoms with van der Waals surface area (Å²) in [5.41, 5.74) is 0.263. The molecule has 0 radical (unpaired) electrons. The summed E-state index contributed by atoms with van der Waals surface area (Å²) in [5, 5.41) is 15.3. The van der Waals surface area contributed by atoms with Crippen molar-refractivity contribution in [1.82, 2.24) is 9.59 Å². The standard InChI is InChI=1S/C13H12FN3O3S/c1-6(2)10-11(21-17-16-10)12(18)15-7-3-4-9(14)8(5-7)13(19)20/h3-6H,1-2H3,(H,15,18)(H,19,20). The van der Waals surface area contributed by atoms with E-state index in [1.165, 1.54) is 6.07 Å². The maximum absolute atomic E-state index is 13.3. The zero-order valence-electron chi connectivity index (χ0n) is 11.3. The number of carboxylic acid groups (broad SMARTS) is 1. The molecule has 0 spiro atoms. The van der Waals surface area contributed by atoms with Crippen molar-refractivity contribution in [3.8, 4) is 0 Å². The first-order valence-corrected chi connectivity index (χ1v) is 6.84. The van der Waals surface area contributed by atoms with Gasteiger partial charge in [-0.25, -0.2) is 9.18 Å². The molecule has 0 aliphatic carbocycles. The Morgan fingerprint density at radius 2 is 2.10 bits per heavy atom. The molecule has 1 amide bonds. The fraction of sp³-hybridized carbons (Fsp3) is 0.231. The first-order chi connectivity index (χ1) is 9.90. The van der Waals surface area contributed by atoms with E-state index in [0.717, 1.165) is 23.7 Å². The quantitative estimate of drug-likeness (QED) is 0.906. The first kappa shape index (κ1) is 15.0. The highest BCUT2D eigenvalue weighted by Crippen LogP contribution is 2.22. The zero-order chi connectivity index (χ0) is 15.6. The lowest BCUT2D eigenvalue weighted by Crippen LogP contribution is -2.14. The van der Waals surface area contributed by atoms with Crippen LogP contribution in [0.1, 0.15) is 45.5 Å². The number of carboxylic acids is 1. The second-order valence-electron chi connectivity index (χ2n) is 4.60. The third-order valence-corrected chi connectivity index (χ3v) is 3.46. The van der Waals surface area contributed by atoms with Crippen molar-refractivity contribution in [2.75, 3.05) is 5.32 Å². The van der Waals surface area contributed by atoms with Crippen LogP contribution in [0.25, 0.3) is 0 Å². The smallest absolute Gasteiger partial charge is 0.338 e. The normalized spacial score (nSPS) is 10.7. The number of carbonyl (C=O) groups excluding carboxylic acids is 1. The Bertz CT molecular complexity index is 700. The van der Waals surface area contributed by atoms with Crippen molar-refractivity contribution in [3.05, 3.63) is 40.2 Å². The Balaban J connectivity index is 2.26. The topological polar surface area (TPSA) is 92.2 Å². The van der Waals surface area contributed by atoms with Crippen LogP contribution >= 0.6 is 11.5 Å². The Hall–Kier alpha value is -2.35. The van der Waals surface area contributed by atoms with Crippen LogP contribution in [0.5, 0.6) is 0 Å². The summed E-state index contributed by atoms with van der Waals surface area (Å²) in [6.07, 6.45) is 0. The van der Waals surface area contributed by atoms with E-state index in [4.69, 9.17) is 5.11 Å². The van der Waals surface area contributed by atoms with Gasteiger partial charge in [0.1, 0.15) is 10.7 Å². The van der Waals surface area contributed by atoms with E-state index >= 15 is 0 Å². The molecule has 0 fully saturated rings. The number of rotatable bonds is 4. The number of nitrogens with zero attached hydrogens (tertiary/aromatic N) is 2. The number of carbonyl (C=O) groups is 2. The van der Waals surface area contributed by atoms with Crippen LogP contribution in [0.4, 0.5) is 10.1 Å². The minimum atomic E-state index is -1.40. The molecule has 0 aliphatic heterocycles. The van der Waals surface area contributed by atoms with Gasteiger partial charge >= 0.3 is 5.97 Å². The molecule has 6 nitrogen and oxygen atoms in total. The van der Waals surface area contributed by atoms with Gasteiger partial charge in [0.05, 0.1) is 11.3 Å². The minimum Gasteiger partial charge on any atom is -0.478 e. The number of aromatic carboxylic acids is 1. The number of hydrogen-bond acceptors (Lipinski definition) is 5. The molecule has 2 aromatic rings. The summed E-state index contributed by atoms with van der Waals surface area (Å²) in [6, 6.07) is 3.36. The Labute approximate surface area is 123 Å². The molecule has 2 rings (SSSR count).